The standard InChI is InChI=1S/C18H30O2.C2H6O/c1-7-9-17(3,4)13-11-16(20)14(12-15(13)19)18(5,6)10-8-2;1-3-2/h11-12,19-20H,7-10H2,1-6H3;1-2H3. The van der Waals surface area contributed by atoms with Crippen molar-refractivity contribution in [1.29, 1.82) is 0 Å². The van der Waals surface area contributed by atoms with E-state index in [1.165, 1.54) is 0 Å². The first-order chi connectivity index (χ1) is 10.6. The summed E-state index contributed by atoms with van der Waals surface area (Å²) in [4.78, 5) is 0. The van der Waals surface area contributed by atoms with Gasteiger partial charge < -0.3 is 14.9 Å². The molecule has 23 heavy (non-hydrogen) atoms. The summed E-state index contributed by atoms with van der Waals surface area (Å²) in [6.07, 6.45) is 4.07. The molecule has 0 saturated carbocycles. The number of ether oxygens (including phenoxy) is 1. The van der Waals surface area contributed by atoms with E-state index in [4.69, 9.17) is 0 Å². The van der Waals surface area contributed by atoms with Crippen LogP contribution in [0.1, 0.15) is 78.4 Å². The van der Waals surface area contributed by atoms with Crippen LogP contribution < -0.4 is 0 Å². The fourth-order valence-corrected chi connectivity index (χ4v) is 3.18. The van der Waals surface area contributed by atoms with Crippen LogP contribution in [-0.4, -0.2) is 24.4 Å². The highest BCUT2D eigenvalue weighted by Gasteiger charge is 2.29. The molecule has 0 aliphatic carbocycles. The molecule has 0 aliphatic heterocycles. The minimum Gasteiger partial charge on any atom is -0.508 e. The summed E-state index contributed by atoms with van der Waals surface area (Å²) in [5, 5.41) is 20.8. The lowest BCUT2D eigenvalue weighted by Crippen LogP contribution is -2.20. The zero-order valence-corrected chi connectivity index (χ0v) is 16.3. The molecule has 1 aromatic carbocycles. The Morgan fingerprint density at radius 1 is 0.783 bits per heavy atom. The highest BCUT2D eigenvalue weighted by Crippen LogP contribution is 2.43. The third-order valence-electron chi connectivity index (χ3n) is 4.32. The number of phenols is 2. The molecule has 3 heteroatoms. The Balaban J connectivity index is 0.00000149. The number of aromatic hydroxyl groups is 2. The van der Waals surface area contributed by atoms with E-state index in [0.29, 0.717) is 11.5 Å². The fourth-order valence-electron chi connectivity index (χ4n) is 3.18. The number of phenolic OH excluding ortho intramolecular Hbond substituents is 2. The number of methoxy groups -OCH3 is 1. The maximum atomic E-state index is 10.4. The minimum atomic E-state index is -0.121. The molecular weight excluding hydrogens is 288 g/mol. The van der Waals surface area contributed by atoms with Crippen LogP contribution in [0.4, 0.5) is 0 Å². The van der Waals surface area contributed by atoms with Gasteiger partial charge in [0.2, 0.25) is 0 Å². The van der Waals surface area contributed by atoms with Crippen molar-refractivity contribution in [1.82, 2.24) is 0 Å². The number of benzene rings is 1. The summed E-state index contributed by atoms with van der Waals surface area (Å²) in [5.41, 5.74) is 1.44. The molecule has 0 unspecified atom stereocenters. The first kappa shape index (κ1) is 21.8. The SMILES string of the molecule is CCCC(C)(C)c1cc(O)c(C(C)(C)CCC)cc1O.COC. The van der Waals surface area contributed by atoms with Crippen LogP contribution in [0.25, 0.3) is 0 Å². The second-order valence-electron chi connectivity index (χ2n) is 7.56. The van der Waals surface area contributed by atoms with E-state index >= 15 is 0 Å². The molecule has 0 heterocycles. The van der Waals surface area contributed by atoms with Crippen LogP contribution in [0.5, 0.6) is 11.5 Å². The largest absolute Gasteiger partial charge is 0.508 e. The van der Waals surface area contributed by atoms with E-state index in [1.54, 1.807) is 26.4 Å². The van der Waals surface area contributed by atoms with E-state index in [0.717, 1.165) is 36.8 Å². The number of hydrogen-bond acceptors (Lipinski definition) is 3. The molecule has 0 spiro atoms. The third kappa shape index (κ3) is 6.06. The van der Waals surface area contributed by atoms with Crippen LogP contribution in [0.15, 0.2) is 12.1 Å². The smallest absolute Gasteiger partial charge is 0.119 e. The molecule has 1 rings (SSSR count). The summed E-state index contributed by atoms with van der Waals surface area (Å²) in [6.45, 7) is 12.7. The molecule has 0 bridgehead atoms. The fraction of sp³-hybridized carbons (Fsp3) is 0.700. The summed E-state index contributed by atoms with van der Waals surface area (Å²) in [5.74, 6) is 0.612. The summed E-state index contributed by atoms with van der Waals surface area (Å²) in [7, 11) is 3.25. The van der Waals surface area contributed by atoms with Crippen molar-refractivity contribution >= 4 is 0 Å². The van der Waals surface area contributed by atoms with Gasteiger partial charge in [-0.1, -0.05) is 54.4 Å². The van der Waals surface area contributed by atoms with E-state index in [1.807, 2.05) is 0 Å². The number of hydrogen-bond donors (Lipinski definition) is 2. The Morgan fingerprint density at radius 3 is 1.26 bits per heavy atom. The van der Waals surface area contributed by atoms with Crippen molar-refractivity contribution < 1.29 is 14.9 Å². The Morgan fingerprint density at radius 2 is 1.04 bits per heavy atom. The van der Waals surface area contributed by atoms with Gasteiger partial charge >= 0.3 is 0 Å². The molecule has 0 atom stereocenters. The van der Waals surface area contributed by atoms with Gasteiger partial charge in [-0.15, -0.1) is 0 Å². The van der Waals surface area contributed by atoms with Gasteiger partial charge in [-0.25, -0.2) is 0 Å². The topological polar surface area (TPSA) is 49.7 Å². The van der Waals surface area contributed by atoms with Gasteiger partial charge in [0, 0.05) is 25.3 Å². The highest BCUT2D eigenvalue weighted by molar-refractivity contribution is 5.50. The van der Waals surface area contributed by atoms with Crippen molar-refractivity contribution in [3.05, 3.63) is 23.3 Å². The van der Waals surface area contributed by atoms with Gasteiger partial charge in [-0.05, 0) is 35.8 Å². The lowest BCUT2D eigenvalue weighted by molar-refractivity contribution is 0.277. The molecule has 1 aromatic rings. The molecule has 2 N–H and O–H groups in total. The first-order valence-corrected chi connectivity index (χ1v) is 8.54. The van der Waals surface area contributed by atoms with E-state index in [2.05, 4.69) is 46.3 Å². The molecule has 0 radical (unpaired) electrons. The summed E-state index contributed by atoms with van der Waals surface area (Å²) >= 11 is 0. The monoisotopic (exact) mass is 324 g/mol. The lowest BCUT2D eigenvalue weighted by atomic mass is 9.76. The predicted molar refractivity (Wildman–Crippen MR) is 98.6 cm³/mol. The van der Waals surface area contributed by atoms with Crippen molar-refractivity contribution in [2.24, 2.45) is 0 Å². The van der Waals surface area contributed by atoms with Crippen LogP contribution in [0, 0.1) is 0 Å². The van der Waals surface area contributed by atoms with Crippen LogP contribution in [0.2, 0.25) is 0 Å². The first-order valence-electron chi connectivity index (χ1n) is 8.54. The second kappa shape index (κ2) is 9.17. The van der Waals surface area contributed by atoms with Crippen LogP contribution >= 0.6 is 0 Å². The zero-order chi connectivity index (χ0) is 18.3. The number of rotatable bonds is 6. The molecule has 0 saturated heterocycles. The Hall–Kier alpha value is -1.22. The Labute approximate surface area is 142 Å². The van der Waals surface area contributed by atoms with Crippen LogP contribution in [0.3, 0.4) is 0 Å². The van der Waals surface area contributed by atoms with Gasteiger partial charge in [-0.3, -0.25) is 0 Å². The summed E-state index contributed by atoms with van der Waals surface area (Å²) in [6, 6.07) is 3.52. The molecule has 0 aromatic heterocycles. The minimum absolute atomic E-state index is 0.121. The second-order valence-corrected chi connectivity index (χ2v) is 7.56. The van der Waals surface area contributed by atoms with E-state index in [-0.39, 0.29) is 10.8 Å². The maximum Gasteiger partial charge on any atom is 0.119 e. The lowest BCUT2D eigenvalue weighted by Gasteiger charge is -2.30. The molecule has 3 nitrogen and oxygen atoms in total. The predicted octanol–water partition coefficient (Wildman–Crippen LogP) is 5.52. The quantitative estimate of drug-likeness (QED) is 0.678. The van der Waals surface area contributed by atoms with Gasteiger partial charge in [0.1, 0.15) is 11.5 Å². The van der Waals surface area contributed by atoms with Gasteiger partial charge in [0.05, 0.1) is 0 Å². The Bertz CT molecular complexity index is 432. The maximum absolute atomic E-state index is 10.4. The van der Waals surface area contributed by atoms with Gasteiger partial charge in [0.15, 0.2) is 0 Å². The van der Waals surface area contributed by atoms with Gasteiger partial charge in [0.25, 0.3) is 0 Å². The molecule has 0 amide bonds. The third-order valence-corrected chi connectivity index (χ3v) is 4.32. The van der Waals surface area contributed by atoms with Crippen LogP contribution in [-0.2, 0) is 15.6 Å². The Kier molecular flexibility index (Phi) is 8.68. The normalized spacial score (nSPS) is 11.8. The summed E-state index contributed by atoms with van der Waals surface area (Å²) < 4.78 is 4.25. The van der Waals surface area contributed by atoms with Gasteiger partial charge in [-0.2, -0.15) is 0 Å². The molecule has 134 valence electrons. The van der Waals surface area contributed by atoms with Crippen molar-refractivity contribution in [2.75, 3.05) is 14.2 Å². The van der Waals surface area contributed by atoms with E-state index in [9.17, 15) is 10.2 Å². The molecular formula is C20H36O3. The van der Waals surface area contributed by atoms with Crippen molar-refractivity contribution in [3.63, 3.8) is 0 Å². The zero-order valence-electron chi connectivity index (χ0n) is 16.3. The average molecular weight is 325 g/mol. The highest BCUT2D eigenvalue weighted by atomic mass is 16.4. The van der Waals surface area contributed by atoms with Crippen molar-refractivity contribution in [2.45, 2.75) is 78.1 Å². The molecule has 0 aliphatic rings. The molecule has 0 fully saturated rings. The van der Waals surface area contributed by atoms with E-state index < -0.39 is 0 Å². The average Bonchev–Trinajstić information content (AvgIpc) is 2.41. The van der Waals surface area contributed by atoms with Crippen molar-refractivity contribution in [3.8, 4) is 11.5 Å².